The molecule has 4 atom stereocenters. The van der Waals surface area contributed by atoms with Gasteiger partial charge in [0, 0.05) is 36.7 Å². The van der Waals surface area contributed by atoms with E-state index >= 15 is 0 Å². The minimum Gasteiger partial charge on any atom is -0.506 e. The highest BCUT2D eigenvalue weighted by Gasteiger charge is 2.29. The lowest BCUT2D eigenvalue weighted by molar-refractivity contribution is 0.0168. The van der Waals surface area contributed by atoms with Crippen LogP contribution in [0.4, 0.5) is 4.79 Å². The number of alkyl carbamates (subject to hydrolysis) is 1. The highest BCUT2D eigenvalue weighted by molar-refractivity contribution is 5.94. The maximum Gasteiger partial charge on any atom is 0.408 e. The molecule has 0 spiro atoms. The number of H-pyrrole nitrogens is 1. The van der Waals surface area contributed by atoms with Crippen molar-refractivity contribution in [2.24, 2.45) is 5.92 Å². The fourth-order valence-electron chi connectivity index (χ4n) is 8.03. The van der Waals surface area contributed by atoms with E-state index in [-0.39, 0.29) is 61.1 Å². The summed E-state index contributed by atoms with van der Waals surface area (Å²) in [5.74, 6) is 0.0799. The van der Waals surface area contributed by atoms with Crippen molar-refractivity contribution in [2.75, 3.05) is 52.9 Å². The quantitative estimate of drug-likeness (QED) is 0.0418. The fraction of sp³-hybridized carbons (Fsp3) is 0.308. The Morgan fingerprint density at radius 2 is 1.61 bits per heavy atom. The van der Waals surface area contributed by atoms with Crippen LogP contribution in [0.15, 0.2) is 138 Å². The van der Waals surface area contributed by atoms with Crippen LogP contribution >= 0.6 is 0 Å². The predicted molar refractivity (Wildman–Crippen MR) is 251 cm³/mol. The standard InChI is InChI=1S/C52H57N5O9/c1-35-25-28-56(2)33-46(35)66-52(63)55-48(37-11-5-3-6-12-37)40-15-9-16-41(31-40)65-34-36-17-19-39(20-18-36)51(62)64-30-29-57(50(61)38-13-7-4-8-14-38)27-10-26-53-32-45(59)42-21-23-44(58)49-43(42)22-24-47(60)54-49/h3-9,11-24,31,35,45-46,48,53,58-59H,10,25-30,32-34H2,1-2H3,(H,54,60)(H,55,63)/t35?,45-,46-,48-/m0/s1. The van der Waals surface area contributed by atoms with E-state index in [1.165, 1.54) is 12.1 Å². The van der Waals surface area contributed by atoms with E-state index in [9.17, 15) is 29.4 Å². The summed E-state index contributed by atoms with van der Waals surface area (Å²) in [6, 6.07) is 38.7. The number of phenols is 1. The van der Waals surface area contributed by atoms with Gasteiger partial charge in [0.2, 0.25) is 5.56 Å². The summed E-state index contributed by atoms with van der Waals surface area (Å²) >= 11 is 0. The number of phenolic OH excluding ortho intramolecular Hbond substituents is 1. The van der Waals surface area contributed by atoms with Gasteiger partial charge in [0.1, 0.15) is 30.8 Å². The topological polar surface area (TPSA) is 183 Å². The fourth-order valence-corrected chi connectivity index (χ4v) is 8.03. The number of likely N-dealkylation sites (tertiary alicyclic amines) is 1. The number of ether oxygens (including phenoxy) is 3. The smallest absolute Gasteiger partial charge is 0.408 e. The number of nitrogens with one attached hydrogen (secondary N) is 3. The van der Waals surface area contributed by atoms with Crippen LogP contribution in [0.5, 0.6) is 11.5 Å². The van der Waals surface area contributed by atoms with E-state index in [1.54, 1.807) is 65.6 Å². The number of hydrogen-bond acceptors (Lipinski definition) is 11. The molecule has 5 aromatic carbocycles. The number of carbonyl (C=O) groups is 3. The number of piperidine rings is 1. The van der Waals surface area contributed by atoms with Crippen molar-refractivity contribution >= 4 is 28.9 Å². The minimum absolute atomic E-state index is 0.0195. The Balaban J connectivity index is 0.896. The number of fused-ring (bicyclic) bond motifs is 1. The molecule has 7 rings (SSSR count). The molecule has 1 saturated heterocycles. The van der Waals surface area contributed by atoms with Crippen molar-refractivity contribution in [3.63, 3.8) is 0 Å². The first-order chi connectivity index (χ1) is 32.0. The lowest BCUT2D eigenvalue weighted by Crippen LogP contribution is -2.45. The Morgan fingerprint density at radius 1 is 0.864 bits per heavy atom. The van der Waals surface area contributed by atoms with Crippen LogP contribution in [0.3, 0.4) is 0 Å². The number of benzene rings is 5. The first-order valence-electron chi connectivity index (χ1n) is 22.3. The minimum atomic E-state index is -0.918. The van der Waals surface area contributed by atoms with Gasteiger partial charge < -0.3 is 49.8 Å². The van der Waals surface area contributed by atoms with E-state index in [0.29, 0.717) is 53.9 Å². The number of nitrogens with zero attached hydrogens (tertiary/aromatic N) is 2. The summed E-state index contributed by atoms with van der Waals surface area (Å²) in [6.07, 6.45) is -0.0679. The molecule has 0 radical (unpaired) electrons. The molecule has 0 aliphatic carbocycles. The van der Waals surface area contributed by atoms with E-state index < -0.39 is 24.2 Å². The summed E-state index contributed by atoms with van der Waals surface area (Å²) in [5.41, 5.74) is 3.90. The Labute approximate surface area is 384 Å². The number of pyridine rings is 1. The van der Waals surface area contributed by atoms with E-state index in [4.69, 9.17) is 14.2 Å². The number of amides is 2. The Morgan fingerprint density at radius 3 is 2.38 bits per heavy atom. The van der Waals surface area contributed by atoms with Crippen molar-refractivity contribution in [2.45, 2.75) is 44.6 Å². The molecule has 1 aromatic heterocycles. The van der Waals surface area contributed by atoms with Crippen LogP contribution in [0.25, 0.3) is 10.9 Å². The number of aromatic amines is 1. The molecule has 6 aromatic rings. The first kappa shape index (κ1) is 47.0. The normalized spacial score (nSPS) is 15.9. The zero-order valence-electron chi connectivity index (χ0n) is 37.2. The van der Waals surface area contributed by atoms with Crippen LogP contribution in [0, 0.1) is 5.92 Å². The molecule has 344 valence electrons. The number of aromatic nitrogens is 1. The Hall–Kier alpha value is -7.00. The molecular formula is C52H57N5O9. The van der Waals surface area contributed by atoms with Crippen LogP contribution in [-0.2, 0) is 16.1 Å². The van der Waals surface area contributed by atoms with Crippen molar-refractivity contribution in [1.82, 2.24) is 25.4 Å². The third kappa shape index (κ3) is 12.6. The molecule has 1 aliphatic rings. The Bertz CT molecular complexity index is 2610. The molecular weight excluding hydrogens is 839 g/mol. The van der Waals surface area contributed by atoms with Crippen molar-refractivity contribution in [3.8, 4) is 11.5 Å². The maximum absolute atomic E-state index is 13.5. The third-order valence-electron chi connectivity index (χ3n) is 11.8. The predicted octanol–water partition coefficient (Wildman–Crippen LogP) is 6.98. The third-order valence-corrected chi connectivity index (χ3v) is 11.8. The number of likely N-dealkylation sites (N-methyl/N-ethyl adjacent to an activating group) is 1. The van der Waals surface area contributed by atoms with Crippen LogP contribution in [-0.4, -0.2) is 102 Å². The number of aliphatic hydroxyl groups is 1. The summed E-state index contributed by atoms with van der Waals surface area (Å²) < 4.78 is 17.7. The number of hydrogen-bond donors (Lipinski definition) is 5. The molecule has 0 bridgehead atoms. The highest BCUT2D eigenvalue weighted by atomic mass is 16.6. The molecule has 14 nitrogen and oxygen atoms in total. The van der Waals surface area contributed by atoms with Crippen molar-refractivity contribution < 1.29 is 38.8 Å². The number of esters is 1. The van der Waals surface area contributed by atoms with Crippen molar-refractivity contribution in [1.29, 1.82) is 0 Å². The maximum atomic E-state index is 13.5. The average molecular weight is 896 g/mol. The SMILES string of the molecule is CC1CCN(C)C[C@@H]1OC(=O)N[C@@H](c1ccccc1)c1cccc(OCc2ccc(C(=O)OCCN(CCCNC[C@H](O)c3ccc(O)c4[nH]c(=O)ccc34)C(=O)c3ccccc3)cc2)c1. The second kappa shape index (κ2) is 22.8. The first-order valence-corrected chi connectivity index (χ1v) is 22.3. The number of rotatable bonds is 19. The summed E-state index contributed by atoms with van der Waals surface area (Å²) in [5, 5.41) is 28.0. The van der Waals surface area contributed by atoms with Crippen LogP contribution < -0.4 is 20.9 Å². The Kier molecular flexibility index (Phi) is 16.2. The lowest BCUT2D eigenvalue weighted by Gasteiger charge is -2.34. The van der Waals surface area contributed by atoms with E-state index in [0.717, 1.165) is 29.7 Å². The largest absolute Gasteiger partial charge is 0.506 e. The average Bonchev–Trinajstić information content (AvgIpc) is 3.33. The number of aromatic hydroxyl groups is 1. The van der Waals surface area contributed by atoms with Gasteiger partial charge in [-0.15, -0.1) is 0 Å². The van der Waals surface area contributed by atoms with Gasteiger partial charge in [-0.05, 0) is 110 Å². The summed E-state index contributed by atoms with van der Waals surface area (Å²) in [7, 11) is 2.03. The molecule has 0 saturated carbocycles. The van der Waals surface area contributed by atoms with Crippen LogP contribution in [0.1, 0.15) is 74.9 Å². The molecule has 1 fully saturated rings. The lowest BCUT2D eigenvalue weighted by atomic mass is 9.96. The van der Waals surface area contributed by atoms with Crippen molar-refractivity contribution in [3.05, 3.63) is 177 Å². The van der Waals surface area contributed by atoms with Crippen LogP contribution in [0.2, 0.25) is 0 Å². The summed E-state index contributed by atoms with van der Waals surface area (Å²) in [4.78, 5) is 58.1. The monoisotopic (exact) mass is 895 g/mol. The molecule has 5 N–H and O–H groups in total. The molecule has 1 unspecified atom stereocenters. The van der Waals surface area contributed by atoms with E-state index in [2.05, 4.69) is 27.4 Å². The van der Waals surface area contributed by atoms with Gasteiger partial charge in [-0.25, -0.2) is 9.59 Å². The zero-order chi connectivity index (χ0) is 46.4. The van der Waals surface area contributed by atoms with Gasteiger partial charge in [-0.2, -0.15) is 0 Å². The van der Waals surface area contributed by atoms with Gasteiger partial charge in [0.25, 0.3) is 5.91 Å². The number of carbonyl (C=O) groups excluding carboxylic acids is 3. The molecule has 66 heavy (non-hydrogen) atoms. The summed E-state index contributed by atoms with van der Waals surface area (Å²) in [6.45, 7) is 5.21. The second-order valence-electron chi connectivity index (χ2n) is 16.7. The van der Waals surface area contributed by atoms with Gasteiger partial charge in [-0.1, -0.05) is 85.8 Å². The molecule has 1 aliphatic heterocycles. The molecule has 2 amide bonds. The highest BCUT2D eigenvalue weighted by Crippen LogP contribution is 2.29. The zero-order valence-corrected chi connectivity index (χ0v) is 37.2. The molecule has 14 heteroatoms. The van der Waals surface area contributed by atoms with Gasteiger partial charge in [0.15, 0.2) is 0 Å². The van der Waals surface area contributed by atoms with Gasteiger partial charge in [0.05, 0.1) is 29.8 Å². The molecule has 2 heterocycles. The second-order valence-corrected chi connectivity index (χ2v) is 16.7. The van der Waals surface area contributed by atoms with Gasteiger partial charge >= 0.3 is 12.1 Å². The van der Waals surface area contributed by atoms with E-state index in [1.807, 2.05) is 67.7 Å². The van der Waals surface area contributed by atoms with Gasteiger partial charge in [-0.3, -0.25) is 9.59 Å². The number of aliphatic hydroxyl groups excluding tert-OH is 1.